The molecule has 1 aliphatic rings. The van der Waals surface area contributed by atoms with Crippen LogP contribution in [0.5, 0.6) is 0 Å². The summed E-state index contributed by atoms with van der Waals surface area (Å²) in [4.78, 5) is 51.3. The van der Waals surface area contributed by atoms with E-state index in [1.807, 2.05) is 30.3 Å². The Morgan fingerprint density at radius 3 is 2.13 bits per heavy atom. The maximum Gasteiger partial charge on any atom is 0.408 e. The summed E-state index contributed by atoms with van der Waals surface area (Å²) >= 11 is 0. The van der Waals surface area contributed by atoms with Crippen LogP contribution >= 0.6 is 0 Å². The molecule has 0 bridgehead atoms. The fourth-order valence-corrected chi connectivity index (χ4v) is 4.22. The Kier molecular flexibility index (Phi) is 7.90. The second-order valence-corrected chi connectivity index (χ2v) is 9.91. The van der Waals surface area contributed by atoms with E-state index < -0.39 is 23.7 Å². The van der Waals surface area contributed by atoms with E-state index >= 15 is 0 Å². The third kappa shape index (κ3) is 6.26. The Balaban J connectivity index is 1.40. The molecule has 0 spiro atoms. The van der Waals surface area contributed by atoms with E-state index in [0.717, 1.165) is 5.56 Å². The number of fused-ring (bicyclic) bond motifs is 2. The number of alkyl carbamates (subject to hydrolysis) is 1. The van der Waals surface area contributed by atoms with Gasteiger partial charge in [0.1, 0.15) is 18.2 Å². The van der Waals surface area contributed by atoms with E-state index in [2.05, 4.69) is 10.6 Å². The van der Waals surface area contributed by atoms with Crippen molar-refractivity contribution in [3.05, 3.63) is 101 Å². The van der Waals surface area contributed by atoms with Gasteiger partial charge in [-0.3, -0.25) is 9.59 Å². The van der Waals surface area contributed by atoms with Gasteiger partial charge in [-0.2, -0.15) is 0 Å². The molecule has 0 aromatic heterocycles. The first-order valence-electron chi connectivity index (χ1n) is 12.4. The number of hydrogen-bond acceptors (Lipinski definition) is 7. The summed E-state index contributed by atoms with van der Waals surface area (Å²) < 4.78 is 10.8. The number of nitrogens with one attached hydrogen (secondary N) is 2. The molecule has 0 unspecified atom stereocenters. The fourth-order valence-electron chi connectivity index (χ4n) is 4.22. The van der Waals surface area contributed by atoms with Crippen LogP contribution in [-0.2, 0) is 20.7 Å². The standard InChI is InChI=1S/C30H30N2O6/c1-30(2,3)38-29(36)32-24(18-19-10-5-4-6-11-19)28(35)37-17-16-31-23-15-9-14-22-25(23)27(34)21-13-8-7-12-20(21)26(22)33/h4-15,24,31H,16-18H2,1-3H3,(H,32,36)/t24-/m0/s1. The predicted molar refractivity (Wildman–Crippen MR) is 143 cm³/mol. The number of ether oxygens (including phenoxy) is 2. The zero-order chi connectivity index (χ0) is 27.3. The van der Waals surface area contributed by atoms with Crippen LogP contribution in [0, 0.1) is 0 Å². The van der Waals surface area contributed by atoms with Crippen molar-refractivity contribution in [1.82, 2.24) is 5.32 Å². The Morgan fingerprint density at radius 2 is 1.45 bits per heavy atom. The number of ketones is 2. The molecule has 1 amide bonds. The van der Waals surface area contributed by atoms with Crippen LogP contribution in [0.1, 0.15) is 58.2 Å². The molecule has 0 aliphatic heterocycles. The van der Waals surface area contributed by atoms with Gasteiger partial charge in [-0.15, -0.1) is 0 Å². The first-order chi connectivity index (χ1) is 18.1. The average molecular weight is 515 g/mol. The van der Waals surface area contributed by atoms with Crippen molar-refractivity contribution < 1.29 is 28.7 Å². The monoisotopic (exact) mass is 514 g/mol. The summed E-state index contributed by atoms with van der Waals surface area (Å²) in [5.74, 6) is -1.06. The minimum absolute atomic E-state index is 0.0253. The van der Waals surface area contributed by atoms with E-state index in [4.69, 9.17) is 9.47 Å². The summed E-state index contributed by atoms with van der Waals surface area (Å²) in [6.07, 6.45) is -0.484. The molecule has 4 rings (SSSR count). The lowest BCUT2D eigenvalue weighted by Gasteiger charge is -2.23. The van der Waals surface area contributed by atoms with Crippen molar-refractivity contribution in [2.45, 2.75) is 38.8 Å². The molecular formula is C30H30N2O6. The molecule has 38 heavy (non-hydrogen) atoms. The number of carbonyl (C=O) groups excluding carboxylic acids is 4. The number of rotatable bonds is 8. The van der Waals surface area contributed by atoms with Gasteiger partial charge in [0.2, 0.25) is 0 Å². The van der Waals surface area contributed by atoms with Crippen molar-refractivity contribution >= 4 is 29.3 Å². The van der Waals surface area contributed by atoms with Crippen molar-refractivity contribution in [3.8, 4) is 0 Å². The number of carbonyl (C=O) groups is 4. The second-order valence-electron chi connectivity index (χ2n) is 9.91. The predicted octanol–water partition coefficient (Wildman–Crippen LogP) is 4.55. The van der Waals surface area contributed by atoms with Gasteiger partial charge in [0, 0.05) is 35.3 Å². The van der Waals surface area contributed by atoms with Crippen LogP contribution < -0.4 is 10.6 Å². The number of benzene rings is 3. The van der Waals surface area contributed by atoms with Crippen LogP contribution in [0.15, 0.2) is 72.8 Å². The lowest BCUT2D eigenvalue weighted by Crippen LogP contribution is -2.45. The van der Waals surface area contributed by atoms with Crippen LogP contribution in [0.3, 0.4) is 0 Å². The molecule has 0 fully saturated rings. The Labute approximate surface area is 221 Å². The molecule has 3 aromatic rings. The van der Waals surface area contributed by atoms with Crippen LogP contribution in [0.2, 0.25) is 0 Å². The first-order valence-corrected chi connectivity index (χ1v) is 12.4. The molecule has 0 saturated carbocycles. The maximum atomic E-state index is 13.2. The summed E-state index contributed by atoms with van der Waals surface area (Å²) in [6.45, 7) is 5.38. The number of esters is 1. The third-order valence-corrected chi connectivity index (χ3v) is 5.87. The molecule has 0 heterocycles. The maximum absolute atomic E-state index is 13.2. The molecule has 1 aliphatic carbocycles. The minimum atomic E-state index is -0.951. The molecule has 3 aromatic carbocycles. The normalized spacial score (nSPS) is 13.1. The molecule has 8 nitrogen and oxygen atoms in total. The highest BCUT2D eigenvalue weighted by atomic mass is 16.6. The fraction of sp³-hybridized carbons (Fsp3) is 0.267. The molecule has 8 heteroatoms. The number of anilines is 1. The summed E-state index contributed by atoms with van der Waals surface area (Å²) in [6, 6.07) is 20.1. The number of hydrogen-bond donors (Lipinski definition) is 2. The molecule has 0 saturated heterocycles. The summed E-state index contributed by atoms with van der Waals surface area (Å²) in [5.41, 5.74) is 2.00. The molecular weight excluding hydrogens is 484 g/mol. The highest BCUT2D eigenvalue weighted by Gasteiger charge is 2.31. The van der Waals surface area contributed by atoms with Crippen LogP contribution in [0.4, 0.5) is 10.5 Å². The Bertz CT molecular complexity index is 1360. The minimum Gasteiger partial charge on any atom is -0.462 e. The Hall–Kier alpha value is -4.46. The van der Waals surface area contributed by atoms with E-state index in [1.165, 1.54) is 0 Å². The zero-order valence-electron chi connectivity index (χ0n) is 21.6. The smallest absolute Gasteiger partial charge is 0.408 e. The van der Waals surface area contributed by atoms with Gasteiger partial charge in [-0.05, 0) is 32.4 Å². The lowest BCUT2D eigenvalue weighted by atomic mass is 9.83. The Morgan fingerprint density at radius 1 is 0.816 bits per heavy atom. The van der Waals surface area contributed by atoms with Gasteiger partial charge in [0.25, 0.3) is 0 Å². The van der Waals surface area contributed by atoms with Crippen molar-refractivity contribution in [1.29, 1.82) is 0 Å². The van der Waals surface area contributed by atoms with E-state index in [1.54, 1.807) is 63.2 Å². The SMILES string of the molecule is CC(C)(C)OC(=O)N[C@@H](Cc1ccccc1)C(=O)OCCNc1cccc2c1C(=O)c1ccccc1C2=O. The molecule has 0 radical (unpaired) electrons. The summed E-state index contributed by atoms with van der Waals surface area (Å²) in [7, 11) is 0. The molecule has 2 N–H and O–H groups in total. The van der Waals surface area contributed by atoms with Gasteiger partial charge in [0.05, 0.1) is 5.56 Å². The first kappa shape index (κ1) is 26.6. The largest absolute Gasteiger partial charge is 0.462 e. The zero-order valence-corrected chi connectivity index (χ0v) is 21.6. The molecule has 196 valence electrons. The average Bonchev–Trinajstić information content (AvgIpc) is 2.88. The third-order valence-electron chi connectivity index (χ3n) is 5.87. The van der Waals surface area contributed by atoms with Gasteiger partial charge >= 0.3 is 12.1 Å². The lowest BCUT2D eigenvalue weighted by molar-refractivity contribution is -0.145. The van der Waals surface area contributed by atoms with Crippen LogP contribution in [-0.4, -0.2) is 48.4 Å². The van der Waals surface area contributed by atoms with E-state index in [9.17, 15) is 19.2 Å². The second kappa shape index (κ2) is 11.3. The highest BCUT2D eigenvalue weighted by molar-refractivity contribution is 6.30. The van der Waals surface area contributed by atoms with Crippen LogP contribution in [0.25, 0.3) is 0 Å². The topological polar surface area (TPSA) is 111 Å². The highest BCUT2D eigenvalue weighted by Crippen LogP contribution is 2.31. The molecule has 1 atom stereocenters. The van der Waals surface area contributed by atoms with Gasteiger partial charge < -0.3 is 20.1 Å². The van der Waals surface area contributed by atoms with Crippen molar-refractivity contribution in [2.75, 3.05) is 18.5 Å². The quantitative estimate of drug-likeness (QED) is 0.262. The summed E-state index contributed by atoms with van der Waals surface area (Å²) in [5, 5.41) is 5.71. The number of amides is 1. The van der Waals surface area contributed by atoms with Crippen molar-refractivity contribution in [3.63, 3.8) is 0 Å². The van der Waals surface area contributed by atoms with Gasteiger partial charge in [-0.1, -0.05) is 66.7 Å². The van der Waals surface area contributed by atoms with E-state index in [-0.39, 0.29) is 31.1 Å². The van der Waals surface area contributed by atoms with Gasteiger partial charge in [0.15, 0.2) is 11.6 Å². The van der Waals surface area contributed by atoms with Crippen molar-refractivity contribution in [2.24, 2.45) is 0 Å². The van der Waals surface area contributed by atoms with E-state index in [0.29, 0.717) is 27.9 Å². The van der Waals surface area contributed by atoms with Gasteiger partial charge in [-0.25, -0.2) is 9.59 Å².